The zero-order chi connectivity index (χ0) is 18.4. The van der Waals surface area contributed by atoms with Crippen LogP contribution >= 0.6 is 11.8 Å². The SMILES string of the molecule is CCc1cccc(C)c1NC(=O)CSCc1nc(N)nc(N(C)C)n1. The number of rotatable bonds is 7. The molecule has 1 heterocycles. The average Bonchev–Trinajstić information content (AvgIpc) is 2.56. The van der Waals surface area contributed by atoms with Gasteiger partial charge in [-0.25, -0.2) is 0 Å². The number of nitrogens with one attached hydrogen (secondary N) is 1. The Labute approximate surface area is 152 Å². The number of nitrogen functional groups attached to an aromatic ring is 1. The van der Waals surface area contributed by atoms with Crippen LogP contribution in [0.1, 0.15) is 23.9 Å². The van der Waals surface area contributed by atoms with Crippen LogP contribution in [0.25, 0.3) is 0 Å². The Morgan fingerprint density at radius 2 is 2.04 bits per heavy atom. The maximum Gasteiger partial charge on any atom is 0.234 e. The highest BCUT2D eigenvalue weighted by atomic mass is 32.2. The van der Waals surface area contributed by atoms with Crippen LogP contribution in [0.5, 0.6) is 0 Å². The number of benzene rings is 1. The van der Waals surface area contributed by atoms with Gasteiger partial charge in [0.15, 0.2) is 0 Å². The molecule has 25 heavy (non-hydrogen) atoms. The fraction of sp³-hybridized carbons (Fsp3) is 0.412. The van der Waals surface area contributed by atoms with Crippen molar-refractivity contribution < 1.29 is 4.79 Å². The van der Waals surface area contributed by atoms with Crippen LogP contribution < -0.4 is 16.0 Å². The highest BCUT2D eigenvalue weighted by Crippen LogP contribution is 2.21. The third-order valence-corrected chi connectivity index (χ3v) is 4.48. The standard InChI is InChI=1S/C17H24N6OS/c1-5-12-8-6-7-11(2)15(12)21-14(24)10-25-9-13-19-16(18)22-17(20-13)23(3)4/h6-8H,5,9-10H2,1-4H3,(H,21,24)(H2,18,19,20,22). The number of para-hydroxylation sites is 1. The molecular formula is C17H24N6OS. The van der Waals surface area contributed by atoms with Crippen molar-refractivity contribution in [2.24, 2.45) is 0 Å². The molecule has 0 radical (unpaired) electrons. The summed E-state index contributed by atoms with van der Waals surface area (Å²) < 4.78 is 0. The van der Waals surface area contributed by atoms with Gasteiger partial charge in [-0.05, 0) is 24.5 Å². The van der Waals surface area contributed by atoms with Gasteiger partial charge < -0.3 is 16.0 Å². The number of hydrogen-bond donors (Lipinski definition) is 2. The summed E-state index contributed by atoms with van der Waals surface area (Å²) in [5.74, 6) is 2.05. The second-order valence-corrected chi connectivity index (χ2v) is 6.79. The van der Waals surface area contributed by atoms with Crippen LogP contribution in [0, 0.1) is 6.92 Å². The molecule has 134 valence electrons. The Morgan fingerprint density at radius 3 is 2.72 bits per heavy atom. The number of anilines is 3. The summed E-state index contributed by atoms with van der Waals surface area (Å²) in [5.41, 5.74) is 8.82. The second-order valence-electron chi connectivity index (χ2n) is 5.81. The van der Waals surface area contributed by atoms with Gasteiger partial charge >= 0.3 is 0 Å². The maximum absolute atomic E-state index is 12.2. The molecule has 0 unspecified atom stereocenters. The minimum Gasteiger partial charge on any atom is -0.368 e. The van der Waals surface area contributed by atoms with Gasteiger partial charge in [-0.15, -0.1) is 11.8 Å². The van der Waals surface area contributed by atoms with Crippen LogP contribution in [0.15, 0.2) is 18.2 Å². The lowest BCUT2D eigenvalue weighted by Crippen LogP contribution is -2.17. The second kappa shape index (κ2) is 8.66. The van der Waals surface area contributed by atoms with E-state index in [1.807, 2.05) is 39.2 Å². The summed E-state index contributed by atoms with van der Waals surface area (Å²) in [6.07, 6.45) is 0.877. The molecule has 2 rings (SSSR count). The van der Waals surface area contributed by atoms with Gasteiger partial charge in [0.1, 0.15) is 5.82 Å². The molecule has 0 spiro atoms. The maximum atomic E-state index is 12.2. The Kier molecular flexibility index (Phi) is 6.58. The van der Waals surface area contributed by atoms with Crippen LogP contribution in [0.3, 0.4) is 0 Å². The fourth-order valence-corrected chi connectivity index (χ4v) is 2.97. The molecular weight excluding hydrogens is 336 g/mol. The molecule has 0 atom stereocenters. The predicted octanol–water partition coefficient (Wildman–Crippen LogP) is 2.26. The number of thioether (sulfide) groups is 1. The van der Waals surface area contributed by atoms with Crippen molar-refractivity contribution in [2.45, 2.75) is 26.0 Å². The topological polar surface area (TPSA) is 97.0 Å². The van der Waals surface area contributed by atoms with Crippen LogP contribution in [-0.2, 0) is 17.0 Å². The van der Waals surface area contributed by atoms with E-state index in [9.17, 15) is 4.79 Å². The van der Waals surface area contributed by atoms with Crippen molar-refractivity contribution in [1.29, 1.82) is 0 Å². The summed E-state index contributed by atoms with van der Waals surface area (Å²) in [6, 6.07) is 6.04. The number of nitrogens with two attached hydrogens (primary N) is 1. The quantitative estimate of drug-likeness (QED) is 0.781. The lowest BCUT2D eigenvalue weighted by atomic mass is 10.1. The van der Waals surface area contributed by atoms with E-state index in [-0.39, 0.29) is 11.9 Å². The summed E-state index contributed by atoms with van der Waals surface area (Å²) in [7, 11) is 3.68. The van der Waals surface area contributed by atoms with Gasteiger partial charge in [0.25, 0.3) is 0 Å². The highest BCUT2D eigenvalue weighted by Gasteiger charge is 2.10. The smallest absolute Gasteiger partial charge is 0.234 e. The molecule has 1 amide bonds. The molecule has 1 aromatic carbocycles. The highest BCUT2D eigenvalue weighted by molar-refractivity contribution is 7.99. The van der Waals surface area contributed by atoms with Gasteiger partial charge in [-0.1, -0.05) is 25.1 Å². The average molecular weight is 360 g/mol. The lowest BCUT2D eigenvalue weighted by Gasteiger charge is -2.13. The zero-order valence-electron chi connectivity index (χ0n) is 15.0. The van der Waals surface area contributed by atoms with E-state index >= 15 is 0 Å². The Bertz CT molecular complexity index is 750. The number of aryl methyl sites for hydroxylation is 2. The van der Waals surface area contributed by atoms with Crippen molar-refractivity contribution in [3.63, 3.8) is 0 Å². The summed E-state index contributed by atoms with van der Waals surface area (Å²) in [5, 5.41) is 3.01. The first kappa shape index (κ1) is 19.0. The minimum absolute atomic E-state index is 0.0381. The van der Waals surface area contributed by atoms with Gasteiger partial charge in [-0.3, -0.25) is 4.79 Å². The lowest BCUT2D eigenvalue weighted by molar-refractivity contribution is -0.113. The van der Waals surface area contributed by atoms with Crippen molar-refractivity contribution in [3.8, 4) is 0 Å². The van der Waals surface area contributed by atoms with Gasteiger partial charge in [0, 0.05) is 19.8 Å². The zero-order valence-corrected chi connectivity index (χ0v) is 15.9. The van der Waals surface area contributed by atoms with E-state index in [2.05, 4.69) is 27.2 Å². The Morgan fingerprint density at radius 1 is 1.28 bits per heavy atom. The van der Waals surface area contributed by atoms with E-state index in [4.69, 9.17) is 5.73 Å². The molecule has 0 bridgehead atoms. The molecule has 3 N–H and O–H groups in total. The van der Waals surface area contributed by atoms with E-state index in [1.165, 1.54) is 11.8 Å². The molecule has 0 aliphatic heterocycles. The first-order valence-electron chi connectivity index (χ1n) is 8.04. The number of carbonyl (C=O) groups excluding carboxylic acids is 1. The summed E-state index contributed by atoms with van der Waals surface area (Å²) in [4.78, 5) is 26.5. The molecule has 0 aliphatic rings. The molecule has 0 saturated heterocycles. The third-order valence-electron chi connectivity index (χ3n) is 3.56. The molecule has 0 saturated carbocycles. The first-order valence-corrected chi connectivity index (χ1v) is 9.20. The largest absolute Gasteiger partial charge is 0.368 e. The van der Waals surface area contributed by atoms with Crippen molar-refractivity contribution in [3.05, 3.63) is 35.2 Å². The Hall–Kier alpha value is -2.35. The van der Waals surface area contributed by atoms with E-state index in [0.717, 1.165) is 23.2 Å². The van der Waals surface area contributed by atoms with Gasteiger partial charge in [-0.2, -0.15) is 15.0 Å². The number of carbonyl (C=O) groups is 1. The molecule has 1 aromatic heterocycles. The molecule has 2 aromatic rings. The van der Waals surface area contributed by atoms with Crippen LogP contribution in [0.2, 0.25) is 0 Å². The molecule has 0 fully saturated rings. The predicted molar refractivity (Wildman–Crippen MR) is 104 cm³/mol. The first-order chi connectivity index (χ1) is 11.9. The number of aromatic nitrogens is 3. The minimum atomic E-state index is -0.0381. The van der Waals surface area contributed by atoms with Crippen LogP contribution in [0.4, 0.5) is 17.6 Å². The van der Waals surface area contributed by atoms with E-state index < -0.39 is 0 Å². The Balaban J connectivity index is 1.93. The summed E-state index contributed by atoms with van der Waals surface area (Å²) >= 11 is 1.44. The molecule has 8 heteroatoms. The van der Waals surface area contributed by atoms with E-state index in [1.54, 1.807) is 4.90 Å². The normalized spacial score (nSPS) is 10.6. The summed E-state index contributed by atoms with van der Waals surface area (Å²) in [6.45, 7) is 4.07. The third kappa shape index (κ3) is 5.32. The van der Waals surface area contributed by atoms with Gasteiger partial charge in [0.05, 0.1) is 11.5 Å². The van der Waals surface area contributed by atoms with Crippen molar-refractivity contribution in [2.75, 3.05) is 35.8 Å². The molecule has 0 aliphatic carbocycles. The van der Waals surface area contributed by atoms with Crippen LogP contribution in [-0.4, -0.2) is 40.7 Å². The number of amides is 1. The van der Waals surface area contributed by atoms with E-state index in [0.29, 0.717) is 23.3 Å². The number of nitrogens with zero attached hydrogens (tertiary/aromatic N) is 4. The monoisotopic (exact) mass is 360 g/mol. The van der Waals surface area contributed by atoms with Crippen molar-refractivity contribution in [1.82, 2.24) is 15.0 Å². The molecule has 7 nitrogen and oxygen atoms in total. The van der Waals surface area contributed by atoms with Crippen molar-refractivity contribution >= 4 is 35.3 Å². The number of hydrogen-bond acceptors (Lipinski definition) is 7. The van der Waals surface area contributed by atoms with Gasteiger partial charge in [0.2, 0.25) is 17.8 Å². The fourth-order valence-electron chi connectivity index (χ4n) is 2.30.